The number of ether oxygens (including phenoxy) is 1. The standard InChI is InChI=1S/C14H11Cl3N2O2/c1-2-21-14(20)9-7-18-13(19-12(9)6-15)8-3-4-10(16)11(17)5-8/h3-5,7H,2,6H2,1H3. The van der Waals surface area contributed by atoms with Crippen LogP contribution in [0.3, 0.4) is 0 Å². The highest BCUT2D eigenvalue weighted by molar-refractivity contribution is 6.42. The van der Waals surface area contributed by atoms with Gasteiger partial charge in [-0.05, 0) is 25.1 Å². The number of carbonyl (C=O) groups excluding carboxylic acids is 1. The molecule has 0 saturated carbocycles. The summed E-state index contributed by atoms with van der Waals surface area (Å²) in [5, 5.41) is 0.848. The van der Waals surface area contributed by atoms with Gasteiger partial charge in [-0.15, -0.1) is 11.6 Å². The number of nitrogens with zero attached hydrogens (tertiary/aromatic N) is 2. The molecular formula is C14H11Cl3N2O2. The SMILES string of the molecule is CCOC(=O)c1cnc(-c2ccc(Cl)c(Cl)c2)nc1CCl. The summed E-state index contributed by atoms with van der Waals surface area (Å²) in [4.78, 5) is 20.2. The lowest BCUT2D eigenvalue weighted by Gasteiger charge is -2.08. The van der Waals surface area contributed by atoms with Crippen molar-refractivity contribution in [3.05, 3.63) is 45.7 Å². The zero-order valence-corrected chi connectivity index (χ0v) is 13.3. The topological polar surface area (TPSA) is 52.1 Å². The van der Waals surface area contributed by atoms with Gasteiger partial charge in [-0.1, -0.05) is 23.2 Å². The Hall–Kier alpha value is -1.36. The molecule has 0 aliphatic carbocycles. The molecule has 0 bridgehead atoms. The van der Waals surface area contributed by atoms with Gasteiger partial charge in [0, 0.05) is 11.8 Å². The van der Waals surface area contributed by atoms with Gasteiger partial charge >= 0.3 is 5.97 Å². The van der Waals surface area contributed by atoms with E-state index in [-0.39, 0.29) is 18.1 Å². The number of benzene rings is 1. The monoisotopic (exact) mass is 344 g/mol. The lowest BCUT2D eigenvalue weighted by atomic mass is 10.2. The minimum absolute atomic E-state index is 0.0744. The molecule has 0 aliphatic heterocycles. The highest BCUT2D eigenvalue weighted by Crippen LogP contribution is 2.27. The molecule has 0 amide bonds. The van der Waals surface area contributed by atoms with Gasteiger partial charge in [0.05, 0.1) is 28.2 Å². The first-order chi connectivity index (χ1) is 10.1. The second-order valence-corrected chi connectivity index (χ2v) is 5.12. The van der Waals surface area contributed by atoms with Crippen LogP contribution >= 0.6 is 34.8 Å². The van der Waals surface area contributed by atoms with E-state index in [9.17, 15) is 4.79 Å². The van der Waals surface area contributed by atoms with Gasteiger partial charge in [0.15, 0.2) is 5.82 Å². The van der Waals surface area contributed by atoms with Crippen molar-refractivity contribution in [2.45, 2.75) is 12.8 Å². The molecule has 0 unspecified atom stereocenters. The quantitative estimate of drug-likeness (QED) is 0.610. The third-order valence-corrected chi connectivity index (χ3v) is 3.66. The number of rotatable bonds is 4. The van der Waals surface area contributed by atoms with E-state index < -0.39 is 5.97 Å². The predicted octanol–water partition coefficient (Wildman–Crippen LogP) is 4.37. The molecule has 1 aromatic heterocycles. The summed E-state index contributed by atoms with van der Waals surface area (Å²) in [5.41, 5.74) is 1.35. The Bertz CT molecular complexity index is 677. The van der Waals surface area contributed by atoms with Crippen LogP contribution in [0.1, 0.15) is 23.0 Å². The van der Waals surface area contributed by atoms with E-state index in [2.05, 4.69) is 9.97 Å². The Morgan fingerprint density at radius 2 is 2.05 bits per heavy atom. The second kappa shape index (κ2) is 7.07. The van der Waals surface area contributed by atoms with Crippen molar-refractivity contribution in [2.75, 3.05) is 6.61 Å². The van der Waals surface area contributed by atoms with Gasteiger partial charge < -0.3 is 4.74 Å². The Labute approximate surface area is 137 Å². The maximum atomic E-state index is 11.8. The highest BCUT2D eigenvalue weighted by atomic mass is 35.5. The molecule has 2 rings (SSSR count). The van der Waals surface area contributed by atoms with Crippen molar-refractivity contribution < 1.29 is 9.53 Å². The lowest BCUT2D eigenvalue weighted by Crippen LogP contribution is -2.10. The van der Waals surface area contributed by atoms with Crippen molar-refractivity contribution >= 4 is 40.8 Å². The van der Waals surface area contributed by atoms with E-state index in [0.717, 1.165) is 0 Å². The number of aromatic nitrogens is 2. The number of alkyl halides is 1. The summed E-state index contributed by atoms with van der Waals surface area (Å²) in [7, 11) is 0. The fourth-order valence-electron chi connectivity index (χ4n) is 1.67. The van der Waals surface area contributed by atoms with Gasteiger partial charge in [0.1, 0.15) is 5.56 Å². The molecule has 7 heteroatoms. The fraction of sp³-hybridized carbons (Fsp3) is 0.214. The first-order valence-corrected chi connectivity index (χ1v) is 7.40. The molecule has 21 heavy (non-hydrogen) atoms. The average molecular weight is 346 g/mol. The Balaban J connectivity index is 2.42. The van der Waals surface area contributed by atoms with E-state index in [0.29, 0.717) is 27.1 Å². The molecule has 1 aromatic carbocycles. The van der Waals surface area contributed by atoms with Crippen LogP contribution in [0, 0.1) is 0 Å². The number of halogens is 3. The number of esters is 1. The molecule has 110 valence electrons. The van der Waals surface area contributed by atoms with Crippen molar-refractivity contribution in [3.8, 4) is 11.4 Å². The summed E-state index contributed by atoms with van der Waals surface area (Å²) in [5.74, 6) is -0.00329. The minimum atomic E-state index is -0.492. The second-order valence-electron chi connectivity index (χ2n) is 4.04. The molecule has 0 aliphatic rings. The van der Waals surface area contributed by atoms with E-state index in [1.165, 1.54) is 6.20 Å². The zero-order chi connectivity index (χ0) is 15.4. The summed E-state index contributed by atoms with van der Waals surface area (Å²) in [6.07, 6.45) is 1.40. The van der Waals surface area contributed by atoms with Gasteiger partial charge in [0.2, 0.25) is 0 Å². The maximum Gasteiger partial charge on any atom is 0.341 e. The molecule has 0 spiro atoms. The third kappa shape index (κ3) is 3.64. The Kier molecular flexibility index (Phi) is 5.39. The van der Waals surface area contributed by atoms with Crippen LogP contribution in [0.25, 0.3) is 11.4 Å². The van der Waals surface area contributed by atoms with Crippen LogP contribution in [0.2, 0.25) is 10.0 Å². The molecular weight excluding hydrogens is 335 g/mol. The maximum absolute atomic E-state index is 11.8. The Morgan fingerprint density at radius 1 is 1.29 bits per heavy atom. The van der Waals surface area contributed by atoms with Crippen LogP contribution in [-0.2, 0) is 10.6 Å². The van der Waals surface area contributed by atoms with Crippen LogP contribution in [0.15, 0.2) is 24.4 Å². The molecule has 0 atom stereocenters. The third-order valence-electron chi connectivity index (χ3n) is 2.67. The minimum Gasteiger partial charge on any atom is -0.462 e. The highest BCUT2D eigenvalue weighted by Gasteiger charge is 2.16. The van der Waals surface area contributed by atoms with Crippen LogP contribution < -0.4 is 0 Å². The van der Waals surface area contributed by atoms with Gasteiger partial charge in [0.25, 0.3) is 0 Å². The predicted molar refractivity (Wildman–Crippen MR) is 83.0 cm³/mol. The first-order valence-electron chi connectivity index (χ1n) is 6.11. The van der Waals surface area contributed by atoms with Gasteiger partial charge in [-0.2, -0.15) is 0 Å². The normalized spacial score (nSPS) is 10.5. The summed E-state index contributed by atoms with van der Waals surface area (Å²) in [6, 6.07) is 5.05. The molecule has 1 heterocycles. The number of carbonyl (C=O) groups is 1. The van der Waals surface area contributed by atoms with Crippen LogP contribution in [-0.4, -0.2) is 22.5 Å². The largest absolute Gasteiger partial charge is 0.462 e. The van der Waals surface area contributed by atoms with Crippen molar-refractivity contribution in [3.63, 3.8) is 0 Å². The smallest absolute Gasteiger partial charge is 0.341 e. The van der Waals surface area contributed by atoms with Crippen molar-refractivity contribution in [2.24, 2.45) is 0 Å². The number of hydrogen-bond donors (Lipinski definition) is 0. The van der Waals surface area contributed by atoms with Gasteiger partial charge in [-0.25, -0.2) is 14.8 Å². The average Bonchev–Trinajstić information content (AvgIpc) is 2.49. The fourth-order valence-corrected chi connectivity index (χ4v) is 2.17. The molecule has 2 aromatic rings. The summed E-state index contributed by atoms with van der Waals surface area (Å²) in [6.45, 7) is 2.00. The lowest BCUT2D eigenvalue weighted by molar-refractivity contribution is 0.0524. The van der Waals surface area contributed by atoms with Crippen molar-refractivity contribution in [1.82, 2.24) is 9.97 Å². The van der Waals surface area contributed by atoms with Crippen LogP contribution in [0.4, 0.5) is 0 Å². The molecule has 0 N–H and O–H groups in total. The summed E-state index contributed by atoms with van der Waals surface area (Å²) >= 11 is 17.7. The van der Waals surface area contributed by atoms with E-state index in [4.69, 9.17) is 39.5 Å². The molecule has 0 fully saturated rings. The summed E-state index contributed by atoms with van der Waals surface area (Å²) < 4.78 is 4.93. The van der Waals surface area contributed by atoms with E-state index >= 15 is 0 Å². The van der Waals surface area contributed by atoms with Crippen LogP contribution in [0.5, 0.6) is 0 Å². The Morgan fingerprint density at radius 3 is 2.67 bits per heavy atom. The van der Waals surface area contributed by atoms with E-state index in [1.54, 1.807) is 25.1 Å². The van der Waals surface area contributed by atoms with Gasteiger partial charge in [-0.3, -0.25) is 0 Å². The molecule has 0 saturated heterocycles. The first kappa shape index (κ1) is 16.0. The zero-order valence-electron chi connectivity index (χ0n) is 11.1. The number of hydrogen-bond acceptors (Lipinski definition) is 4. The van der Waals surface area contributed by atoms with E-state index in [1.807, 2.05) is 0 Å². The molecule has 0 radical (unpaired) electrons. The van der Waals surface area contributed by atoms with Crippen molar-refractivity contribution in [1.29, 1.82) is 0 Å². The molecule has 4 nitrogen and oxygen atoms in total.